The van der Waals surface area contributed by atoms with Gasteiger partial charge >= 0.3 is 16.4 Å². The van der Waals surface area contributed by atoms with Crippen LogP contribution in [0.5, 0.6) is 5.75 Å². The number of β-lactam (4-membered cyclic amide) rings is 1. The number of carbonyl (C=O) groups is 3. The number of anilines is 1. The van der Waals surface area contributed by atoms with Gasteiger partial charge < -0.3 is 41.5 Å². The summed E-state index contributed by atoms with van der Waals surface area (Å²) in [4.78, 5) is 48.3. The van der Waals surface area contributed by atoms with Crippen LogP contribution in [0.15, 0.2) is 28.7 Å². The van der Waals surface area contributed by atoms with E-state index in [-0.39, 0.29) is 41.8 Å². The molecule has 0 spiro atoms. The Kier molecular flexibility index (Phi) is 10.4. The number of benzene rings is 1. The Labute approximate surface area is 290 Å². The van der Waals surface area contributed by atoms with Crippen molar-refractivity contribution in [1.29, 1.82) is 5.41 Å². The van der Waals surface area contributed by atoms with Crippen molar-refractivity contribution in [1.82, 2.24) is 26.0 Å². The van der Waals surface area contributed by atoms with Crippen molar-refractivity contribution < 1.29 is 51.4 Å². The molecule has 9 N–H and O–H groups in total. The van der Waals surface area contributed by atoms with E-state index in [1.165, 1.54) is 26.2 Å². The van der Waals surface area contributed by atoms with Crippen LogP contribution < -0.4 is 26.4 Å². The summed E-state index contributed by atoms with van der Waals surface area (Å²) >= 11 is 0.957. The fourth-order valence-electron chi connectivity index (χ4n) is 5.89. The fourth-order valence-corrected chi connectivity index (χ4v) is 6.89. The maximum Gasteiger partial charge on any atom is 0.418 e. The van der Waals surface area contributed by atoms with Crippen molar-refractivity contribution in [3.8, 4) is 5.75 Å². The predicted octanol–water partition coefficient (Wildman–Crippen LogP) is -0.449. The van der Waals surface area contributed by atoms with E-state index in [1.807, 2.05) is 0 Å². The molecule has 272 valence electrons. The van der Waals surface area contributed by atoms with Crippen LogP contribution in [0.2, 0.25) is 0 Å². The highest BCUT2D eigenvalue weighted by atomic mass is 32.3. The molecule has 2 fully saturated rings. The van der Waals surface area contributed by atoms with E-state index in [9.17, 15) is 33.0 Å². The number of piperidine rings is 1. The number of ether oxygens (including phenoxy) is 1. The number of aliphatic hydroxyl groups excluding tert-OH is 1. The van der Waals surface area contributed by atoms with Gasteiger partial charge in [-0.25, -0.2) is 9.78 Å². The number of aromatic nitrogens is 1. The van der Waals surface area contributed by atoms with E-state index < -0.39 is 57.2 Å². The summed E-state index contributed by atoms with van der Waals surface area (Å²) in [5.41, 5.74) is 2.91. The molecule has 2 aromatic rings. The molecule has 21 heteroatoms. The number of rotatable bonds is 12. The largest absolute Gasteiger partial charge is 0.485 e. The molecule has 0 saturated carbocycles. The van der Waals surface area contributed by atoms with Crippen molar-refractivity contribution in [3.05, 3.63) is 40.4 Å². The van der Waals surface area contributed by atoms with Crippen LogP contribution in [-0.2, 0) is 40.3 Å². The first-order valence-corrected chi connectivity index (χ1v) is 17.7. The number of nitrogens with one attached hydrogen (secondary N) is 4. The minimum Gasteiger partial charge on any atom is -0.485 e. The van der Waals surface area contributed by atoms with Crippen LogP contribution in [0.3, 0.4) is 0 Å². The number of aliphatic hydroxyl groups is 1. The summed E-state index contributed by atoms with van der Waals surface area (Å²) in [5.74, 6) is -2.89. The Balaban J connectivity index is 1.32. The molecular formula is C29H38N8O11S2. The van der Waals surface area contributed by atoms with Gasteiger partial charge in [0.25, 0.3) is 17.4 Å². The molecule has 4 heterocycles. The van der Waals surface area contributed by atoms with Gasteiger partial charge in [0.2, 0.25) is 0 Å². The molecule has 3 aliphatic rings. The zero-order valence-electron chi connectivity index (χ0n) is 27.2. The third-order valence-electron chi connectivity index (χ3n) is 8.82. The van der Waals surface area contributed by atoms with Crippen molar-refractivity contribution in [3.63, 3.8) is 0 Å². The molecular weight excluding hydrogens is 700 g/mol. The molecule has 3 aliphatic heterocycles. The molecule has 50 heavy (non-hydrogen) atoms. The smallest absolute Gasteiger partial charge is 0.418 e. The maximum atomic E-state index is 13.5. The van der Waals surface area contributed by atoms with Crippen molar-refractivity contribution in [2.45, 2.75) is 81.8 Å². The lowest BCUT2D eigenvalue weighted by molar-refractivity contribution is -0.218. The third kappa shape index (κ3) is 7.66. The van der Waals surface area contributed by atoms with Crippen LogP contribution in [0.4, 0.5) is 5.13 Å². The van der Waals surface area contributed by atoms with Crippen LogP contribution >= 0.6 is 11.3 Å². The van der Waals surface area contributed by atoms with E-state index in [0.717, 1.165) is 29.9 Å². The summed E-state index contributed by atoms with van der Waals surface area (Å²) in [7, 11) is -5.04. The zero-order valence-corrected chi connectivity index (χ0v) is 28.8. The number of nitrogens with zero attached hydrogens (tertiary/aromatic N) is 3. The zero-order chi connectivity index (χ0) is 36.6. The number of aliphatic carboxylic acids is 1. The lowest BCUT2D eigenvalue weighted by Gasteiger charge is -2.50. The standard InChI is InChI=1S/C29H38N8O11S2/c1-28(2)22(25(40)37(28)48-50(43,44)45)35-24(39)21(18-13-49-27(31)34-18)36-47-29(3,26(41)42)20-7-5-14-10-15(4-6-19(14)46-20)23(30)33-16-8-9-32-17(11-16)12-38/h4,6,10,13,16-17,20,22,32,38H,5,7-9,11-12H2,1-3H3,(H2,30,33)(H2,31,34)(H,35,39)(H,41,42)(H,43,44,45)/b36-21-/t16-,17-,20+,22+,29?/m0/s1. The normalized spacial score (nSPS) is 24.5. The molecule has 1 unspecified atom stereocenters. The number of carbonyl (C=O) groups excluding carboxylic acids is 2. The molecule has 0 radical (unpaired) electrons. The number of fused-ring (bicyclic) bond motifs is 1. The number of amides is 2. The second kappa shape index (κ2) is 14.1. The summed E-state index contributed by atoms with van der Waals surface area (Å²) < 4.78 is 41.7. The van der Waals surface area contributed by atoms with Gasteiger partial charge in [0.05, 0.1) is 12.1 Å². The Morgan fingerprint density at radius 1 is 1.32 bits per heavy atom. The Hall–Kier alpha value is -4.41. The highest BCUT2D eigenvalue weighted by Gasteiger charge is 2.58. The number of nitrogen functional groups attached to an aromatic ring is 1. The number of oxime groups is 1. The monoisotopic (exact) mass is 738 g/mol. The first-order valence-electron chi connectivity index (χ1n) is 15.4. The van der Waals surface area contributed by atoms with Gasteiger partial charge in [0, 0.05) is 23.0 Å². The van der Waals surface area contributed by atoms with E-state index in [1.54, 1.807) is 18.2 Å². The van der Waals surface area contributed by atoms with Crippen molar-refractivity contribution in [2.75, 3.05) is 18.9 Å². The van der Waals surface area contributed by atoms with Gasteiger partial charge in [-0.3, -0.25) is 19.6 Å². The van der Waals surface area contributed by atoms with E-state index in [2.05, 4.69) is 30.4 Å². The number of hydrogen-bond acceptors (Lipinski definition) is 15. The molecule has 0 bridgehead atoms. The van der Waals surface area contributed by atoms with Gasteiger partial charge in [-0.15, -0.1) is 15.6 Å². The quantitative estimate of drug-likeness (QED) is 0.0450. The number of nitrogens with two attached hydrogens (primary N) is 1. The maximum absolute atomic E-state index is 13.5. The lowest BCUT2D eigenvalue weighted by atomic mass is 9.84. The first kappa shape index (κ1) is 36.9. The number of amidine groups is 1. The molecule has 19 nitrogen and oxygen atoms in total. The average molecular weight is 739 g/mol. The molecule has 5 rings (SSSR count). The molecule has 5 atom stereocenters. The molecule has 0 aliphatic carbocycles. The molecule has 1 aromatic carbocycles. The van der Waals surface area contributed by atoms with E-state index in [4.69, 9.17) is 25.3 Å². The summed E-state index contributed by atoms with van der Waals surface area (Å²) in [6, 6.07) is 3.75. The Bertz CT molecular complexity index is 1820. The number of carboxylic acids is 1. The van der Waals surface area contributed by atoms with Gasteiger partial charge in [0.15, 0.2) is 16.9 Å². The van der Waals surface area contributed by atoms with Gasteiger partial charge in [-0.1, -0.05) is 5.16 Å². The van der Waals surface area contributed by atoms with Gasteiger partial charge in [0.1, 0.15) is 23.3 Å². The highest BCUT2D eigenvalue weighted by molar-refractivity contribution is 7.80. The van der Waals surface area contributed by atoms with Crippen LogP contribution in [0.1, 0.15) is 56.9 Å². The second-order valence-corrected chi connectivity index (χ2v) is 14.6. The lowest BCUT2D eigenvalue weighted by Crippen LogP contribution is -2.76. The number of hydroxylamine groups is 2. The first-order chi connectivity index (χ1) is 23.4. The minimum atomic E-state index is -5.04. The average Bonchev–Trinajstić information content (AvgIpc) is 3.50. The van der Waals surface area contributed by atoms with Crippen LogP contribution in [0, 0.1) is 5.41 Å². The fraction of sp³-hybridized carbons (Fsp3) is 0.517. The molecule has 2 saturated heterocycles. The molecule has 1 aromatic heterocycles. The number of hydrogen-bond donors (Lipinski definition) is 8. The second-order valence-electron chi connectivity index (χ2n) is 12.8. The van der Waals surface area contributed by atoms with E-state index >= 15 is 0 Å². The van der Waals surface area contributed by atoms with Crippen LogP contribution in [-0.4, -0.2) is 111 Å². The minimum absolute atomic E-state index is 0.0116. The summed E-state index contributed by atoms with van der Waals surface area (Å²) in [6.45, 7) is 4.69. The summed E-state index contributed by atoms with van der Waals surface area (Å²) in [5, 5.41) is 42.9. The SMILES string of the molecule is CC(O/N=C(\C(=O)N[C@@H]1C(=O)N(OS(=O)(=O)O)C1(C)C)c1csc(N)n1)(C(=O)O)[C@H]1CCc2cc(C(=N)N[C@H]3CCN[C@H](CO)C3)ccc2O1. The third-order valence-corrected chi connectivity index (χ3v) is 9.84. The van der Waals surface area contributed by atoms with E-state index in [0.29, 0.717) is 29.2 Å². The van der Waals surface area contributed by atoms with Crippen molar-refractivity contribution >= 4 is 56.2 Å². The van der Waals surface area contributed by atoms with Crippen LogP contribution in [0.25, 0.3) is 0 Å². The summed E-state index contributed by atoms with van der Waals surface area (Å²) in [6.07, 6.45) is 0.916. The van der Waals surface area contributed by atoms with Crippen molar-refractivity contribution in [2.24, 2.45) is 5.16 Å². The van der Waals surface area contributed by atoms with Gasteiger partial charge in [-0.05, 0) is 76.8 Å². The Morgan fingerprint density at radius 3 is 2.68 bits per heavy atom. The topological polar surface area (TPSA) is 288 Å². The van der Waals surface area contributed by atoms with Gasteiger partial charge in [-0.2, -0.15) is 13.5 Å². The number of carboxylic acid groups (broad SMARTS) is 1. The number of aryl methyl sites for hydroxylation is 1. The Morgan fingerprint density at radius 2 is 2.06 bits per heavy atom. The number of thiazole rings is 1. The highest BCUT2D eigenvalue weighted by Crippen LogP contribution is 2.35. The molecule has 2 amide bonds. The predicted molar refractivity (Wildman–Crippen MR) is 177 cm³/mol.